The number of hydrogen-bond acceptors (Lipinski definition) is 3. The minimum atomic E-state index is -1.60. The first-order valence-corrected chi connectivity index (χ1v) is 5.66. The van der Waals surface area contributed by atoms with Gasteiger partial charge in [0.2, 0.25) is 0 Å². The monoisotopic (exact) mass is 256 g/mol. The Kier molecular flexibility index (Phi) is 5.12. The third-order valence-corrected chi connectivity index (χ3v) is 2.76. The topological polar surface area (TPSA) is 74.6 Å². The third-order valence-electron chi connectivity index (χ3n) is 2.47. The number of aliphatic hydroxyl groups excluding tert-OH is 1. The van der Waals surface area contributed by atoms with Crippen molar-refractivity contribution in [3.05, 3.63) is 34.9 Å². The van der Waals surface area contributed by atoms with Crippen LogP contribution in [0.4, 0.5) is 0 Å². The van der Waals surface area contributed by atoms with Crippen molar-refractivity contribution in [3.63, 3.8) is 0 Å². The van der Waals surface area contributed by atoms with E-state index in [2.05, 4.69) is 0 Å². The second kappa shape index (κ2) is 6.37. The Balaban J connectivity index is 3.19. The highest BCUT2D eigenvalue weighted by atomic mass is 35.5. The van der Waals surface area contributed by atoms with Crippen LogP contribution in [0, 0.1) is 0 Å². The molecule has 0 aliphatic carbocycles. The van der Waals surface area contributed by atoms with Crippen molar-refractivity contribution in [3.8, 4) is 0 Å². The van der Waals surface area contributed by atoms with E-state index in [4.69, 9.17) is 16.7 Å². The molecule has 0 saturated heterocycles. The number of rotatable bonds is 6. The molecule has 0 amide bonds. The molecule has 1 aromatic carbocycles. The summed E-state index contributed by atoms with van der Waals surface area (Å²) in [6, 6.07) is 5.09. The summed E-state index contributed by atoms with van der Waals surface area (Å²) < 4.78 is 0. The van der Waals surface area contributed by atoms with E-state index >= 15 is 0 Å². The van der Waals surface area contributed by atoms with Gasteiger partial charge in [0.25, 0.3) is 0 Å². The summed E-state index contributed by atoms with van der Waals surface area (Å²) in [5, 5.41) is 18.5. The Morgan fingerprint density at radius 3 is 2.59 bits per heavy atom. The number of alkyl halides is 1. The van der Waals surface area contributed by atoms with Crippen molar-refractivity contribution >= 4 is 23.9 Å². The van der Waals surface area contributed by atoms with Crippen molar-refractivity contribution in [1.29, 1.82) is 0 Å². The lowest BCUT2D eigenvalue weighted by atomic mass is 9.94. The predicted molar refractivity (Wildman–Crippen MR) is 63.0 cm³/mol. The summed E-state index contributed by atoms with van der Waals surface area (Å²) in [7, 11) is 0. The number of aldehydes is 1. The number of benzene rings is 1. The zero-order chi connectivity index (χ0) is 12.8. The number of carboxylic acid groups (broad SMARTS) is 1. The average molecular weight is 257 g/mol. The molecule has 2 N–H and O–H groups in total. The molecule has 1 atom stereocenters. The Bertz CT molecular complexity index is 417. The molecule has 0 saturated carbocycles. The number of aliphatic hydroxyl groups is 1. The fourth-order valence-electron chi connectivity index (χ4n) is 1.69. The molecule has 0 aliphatic rings. The highest BCUT2D eigenvalue weighted by Gasteiger charge is 2.22. The fraction of sp³-hybridized carbons (Fsp3) is 0.333. The maximum Gasteiger partial charge on any atom is 0.337 e. The molecule has 17 heavy (non-hydrogen) atoms. The van der Waals surface area contributed by atoms with Crippen LogP contribution in [-0.4, -0.2) is 22.5 Å². The first-order chi connectivity index (χ1) is 8.11. The van der Waals surface area contributed by atoms with E-state index in [0.717, 1.165) is 6.29 Å². The highest BCUT2D eigenvalue weighted by Crippen LogP contribution is 2.25. The van der Waals surface area contributed by atoms with Gasteiger partial charge in [-0.3, -0.25) is 0 Å². The van der Waals surface area contributed by atoms with Crippen molar-refractivity contribution in [2.24, 2.45) is 0 Å². The van der Waals surface area contributed by atoms with E-state index in [1.165, 1.54) is 0 Å². The Morgan fingerprint density at radius 2 is 2.06 bits per heavy atom. The lowest BCUT2D eigenvalue weighted by Gasteiger charge is -2.15. The van der Waals surface area contributed by atoms with Gasteiger partial charge in [-0.15, -0.1) is 11.6 Å². The van der Waals surface area contributed by atoms with Gasteiger partial charge in [-0.1, -0.05) is 18.2 Å². The van der Waals surface area contributed by atoms with Gasteiger partial charge < -0.3 is 15.0 Å². The normalized spacial score (nSPS) is 12.1. The molecule has 0 heterocycles. The van der Waals surface area contributed by atoms with E-state index in [9.17, 15) is 14.7 Å². The number of carbonyl (C=O) groups excluding carboxylic acids is 1. The lowest BCUT2D eigenvalue weighted by Crippen LogP contribution is -2.15. The van der Waals surface area contributed by atoms with E-state index < -0.39 is 12.1 Å². The average Bonchev–Trinajstić information content (AvgIpc) is 2.34. The number of aryl methyl sites for hydroxylation is 1. The minimum absolute atomic E-state index is 0.120. The van der Waals surface area contributed by atoms with E-state index in [1.807, 2.05) is 0 Å². The number of carbonyl (C=O) groups is 2. The molecule has 1 unspecified atom stereocenters. The van der Waals surface area contributed by atoms with E-state index in [0.29, 0.717) is 23.1 Å². The Hall–Kier alpha value is -1.39. The van der Waals surface area contributed by atoms with E-state index in [1.54, 1.807) is 18.2 Å². The molecule has 1 rings (SSSR count). The molecular formula is C12H13ClO4. The highest BCUT2D eigenvalue weighted by molar-refractivity contribution is 6.17. The van der Waals surface area contributed by atoms with Gasteiger partial charge in [-0.2, -0.15) is 0 Å². The Labute approximate surface area is 104 Å². The molecule has 5 heteroatoms. The summed E-state index contributed by atoms with van der Waals surface area (Å²) in [5.41, 5.74) is 1.52. The number of hydrogen-bond donors (Lipinski definition) is 2. The first-order valence-electron chi connectivity index (χ1n) is 5.13. The van der Waals surface area contributed by atoms with Gasteiger partial charge in [-0.25, -0.2) is 4.79 Å². The zero-order valence-corrected chi connectivity index (χ0v) is 9.85. The van der Waals surface area contributed by atoms with Crippen LogP contribution in [0.25, 0.3) is 0 Å². The van der Waals surface area contributed by atoms with Gasteiger partial charge in [0.1, 0.15) is 6.29 Å². The molecule has 0 bridgehead atoms. The molecular weight excluding hydrogens is 244 g/mol. The van der Waals surface area contributed by atoms with Crippen LogP contribution in [0.3, 0.4) is 0 Å². The summed E-state index contributed by atoms with van der Waals surface area (Å²) >= 11 is 5.71. The summed E-state index contributed by atoms with van der Waals surface area (Å²) in [6.45, 7) is 0. The lowest BCUT2D eigenvalue weighted by molar-refractivity contribution is -0.147. The first kappa shape index (κ1) is 13.7. The zero-order valence-electron chi connectivity index (χ0n) is 9.10. The van der Waals surface area contributed by atoms with Crippen LogP contribution >= 0.6 is 11.6 Å². The summed E-state index contributed by atoms with van der Waals surface area (Å²) in [5.74, 6) is -1.20. The molecule has 92 valence electrons. The van der Waals surface area contributed by atoms with Crippen LogP contribution in [0.15, 0.2) is 18.2 Å². The largest absolute Gasteiger partial charge is 0.479 e. The van der Waals surface area contributed by atoms with Gasteiger partial charge in [0.15, 0.2) is 6.10 Å². The van der Waals surface area contributed by atoms with Gasteiger partial charge in [0.05, 0.1) is 0 Å². The third kappa shape index (κ3) is 3.28. The van der Waals surface area contributed by atoms with E-state index in [-0.39, 0.29) is 12.3 Å². The van der Waals surface area contributed by atoms with Crippen LogP contribution in [-0.2, 0) is 21.9 Å². The van der Waals surface area contributed by atoms with Crippen molar-refractivity contribution in [2.75, 3.05) is 0 Å². The van der Waals surface area contributed by atoms with Gasteiger partial charge in [-0.05, 0) is 23.1 Å². The number of carboxylic acids is 1. The standard InChI is InChI=1S/C12H13ClO4/c13-7-9-4-1-3-8(5-2-6-14)10(9)11(15)12(16)17/h1,3-4,6,11,15H,2,5,7H2,(H,16,17). The molecule has 4 nitrogen and oxygen atoms in total. The van der Waals surface area contributed by atoms with Gasteiger partial charge in [0, 0.05) is 12.3 Å². The molecule has 0 spiro atoms. The van der Waals surface area contributed by atoms with Crippen molar-refractivity contribution in [2.45, 2.75) is 24.8 Å². The minimum Gasteiger partial charge on any atom is -0.479 e. The van der Waals surface area contributed by atoms with Crippen LogP contribution < -0.4 is 0 Å². The second-order valence-electron chi connectivity index (χ2n) is 3.57. The van der Waals surface area contributed by atoms with Crippen LogP contribution in [0.1, 0.15) is 29.2 Å². The van der Waals surface area contributed by atoms with Gasteiger partial charge >= 0.3 is 5.97 Å². The SMILES string of the molecule is O=CCCc1cccc(CCl)c1C(O)C(=O)O. The van der Waals surface area contributed by atoms with Crippen molar-refractivity contribution < 1.29 is 19.8 Å². The maximum absolute atomic E-state index is 10.8. The molecule has 0 radical (unpaired) electrons. The second-order valence-corrected chi connectivity index (χ2v) is 3.84. The quantitative estimate of drug-likeness (QED) is 0.600. The van der Waals surface area contributed by atoms with Crippen molar-refractivity contribution in [1.82, 2.24) is 0 Å². The predicted octanol–water partition coefficient (Wildman–Crippen LogP) is 1.67. The molecule has 0 aliphatic heterocycles. The molecule has 0 aromatic heterocycles. The van der Waals surface area contributed by atoms with Crippen LogP contribution in [0.5, 0.6) is 0 Å². The Morgan fingerprint density at radius 1 is 1.41 bits per heavy atom. The maximum atomic E-state index is 10.8. The summed E-state index contributed by atoms with van der Waals surface area (Å²) in [4.78, 5) is 21.2. The summed E-state index contributed by atoms with van der Waals surface area (Å²) in [6.07, 6.45) is -0.171. The number of halogens is 1. The molecule has 1 aromatic rings. The smallest absolute Gasteiger partial charge is 0.337 e. The molecule has 0 fully saturated rings. The van der Waals surface area contributed by atoms with Crippen LogP contribution in [0.2, 0.25) is 0 Å². The fourth-order valence-corrected chi connectivity index (χ4v) is 1.92. The number of aliphatic carboxylic acids is 1.